The monoisotopic (exact) mass is 427 g/mol. The third-order valence-corrected chi connectivity index (χ3v) is 6.41. The van der Waals surface area contributed by atoms with Crippen LogP contribution in [0.3, 0.4) is 0 Å². The highest BCUT2D eigenvalue weighted by Crippen LogP contribution is 2.69. The normalized spacial score (nSPS) is 26.7. The second-order valence-corrected chi connectivity index (χ2v) is 9.96. The minimum atomic E-state index is -1.12. The van der Waals surface area contributed by atoms with Crippen molar-refractivity contribution in [2.24, 2.45) is 10.8 Å². The Hall–Kier alpha value is -2.61. The number of amides is 1. The van der Waals surface area contributed by atoms with E-state index in [0.717, 1.165) is 0 Å². The molecule has 2 heterocycles. The van der Waals surface area contributed by atoms with Gasteiger partial charge in [0.2, 0.25) is 0 Å². The Morgan fingerprint density at radius 2 is 1.84 bits per heavy atom. The lowest BCUT2D eigenvalue weighted by atomic mass is 9.57. The summed E-state index contributed by atoms with van der Waals surface area (Å²) < 4.78 is 6.18. The van der Waals surface area contributed by atoms with E-state index < -0.39 is 11.4 Å². The third kappa shape index (κ3) is 3.03. The number of phenols is 2. The van der Waals surface area contributed by atoms with Gasteiger partial charge >= 0.3 is 0 Å². The average Bonchev–Trinajstić information content (AvgIpc) is 2.81. The summed E-state index contributed by atoms with van der Waals surface area (Å²) in [5.74, 6) is -1.42. The molecule has 2 unspecified atom stereocenters. The van der Waals surface area contributed by atoms with Gasteiger partial charge in [-0.05, 0) is 24.3 Å². The van der Waals surface area contributed by atoms with E-state index in [-0.39, 0.29) is 34.8 Å². The summed E-state index contributed by atoms with van der Waals surface area (Å²) in [5.41, 5.74) is 0.213. The summed E-state index contributed by atoms with van der Waals surface area (Å²) in [6, 6.07) is 11.3. The number of phenolic OH excluding ortho intramolecular Hbond substituents is 2. The molecular weight excluding hydrogens is 398 g/mol. The van der Waals surface area contributed by atoms with Gasteiger partial charge in [-0.1, -0.05) is 52.8 Å². The van der Waals surface area contributed by atoms with Crippen molar-refractivity contribution >= 4 is 5.91 Å². The van der Waals surface area contributed by atoms with Gasteiger partial charge in [-0.2, -0.15) is 4.89 Å². The minimum absolute atomic E-state index is 0.0173. The van der Waals surface area contributed by atoms with Crippen molar-refractivity contribution in [2.45, 2.75) is 52.6 Å². The number of benzene rings is 2. The number of nitrogens with one attached hydrogen (secondary N) is 1. The standard InChI is InChI=1S/C24H29NO6/c1-21(2,3)24-22(4,5)14-29-23(24,30-31-24)17-10-9-16(19(27)12-17)13-25-20(28)15-7-6-8-18(26)11-15/h6-12,26-27H,13-14H2,1-5H3,(H,25,28). The first kappa shape index (κ1) is 21.6. The van der Waals surface area contributed by atoms with Crippen LogP contribution < -0.4 is 5.32 Å². The van der Waals surface area contributed by atoms with E-state index in [1.807, 2.05) is 6.07 Å². The molecule has 2 aromatic carbocycles. The molecule has 0 radical (unpaired) electrons. The number of aromatic hydroxyl groups is 2. The lowest BCUT2D eigenvalue weighted by Gasteiger charge is -2.61. The molecule has 31 heavy (non-hydrogen) atoms. The van der Waals surface area contributed by atoms with E-state index in [1.165, 1.54) is 12.1 Å². The summed E-state index contributed by atoms with van der Waals surface area (Å²) in [4.78, 5) is 23.8. The number of ether oxygens (including phenoxy) is 1. The molecule has 2 fully saturated rings. The molecule has 2 aliphatic heterocycles. The summed E-state index contributed by atoms with van der Waals surface area (Å²) in [6.07, 6.45) is 0. The Balaban J connectivity index is 1.58. The third-order valence-electron chi connectivity index (χ3n) is 6.41. The van der Waals surface area contributed by atoms with Crippen LogP contribution in [0, 0.1) is 10.8 Å². The molecule has 4 rings (SSSR count). The summed E-state index contributed by atoms with van der Waals surface area (Å²) >= 11 is 0. The molecule has 2 atom stereocenters. The molecule has 7 heteroatoms. The van der Waals surface area contributed by atoms with Gasteiger partial charge in [-0.15, -0.1) is 0 Å². The first-order valence-corrected chi connectivity index (χ1v) is 10.3. The molecule has 0 saturated carbocycles. The number of carbonyl (C=O) groups excluding carboxylic acids is 1. The SMILES string of the molecule is CC(C)(C)C12OOC1(c1ccc(CNC(=O)c3cccc(O)c3)c(O)c1)OCC2(C)C. The van der Waals surface area contributed by atoms with E-state index in [1.54, 1.807) is 24.3 Å². The maximum Gasteiger partial charge on any atom is 0.261 e. The number of hydrogen-bond acceptors (Lipinski definition) is 6. The Morgan fingerprint density at radius 3 is 2.42 bits per heavy atom. The van der Waals surface area contributed by atoms with E-state index in [4.69, 9.17) is 14.5 Å². The summed E-state index contributed by atoms with van der Waals surface area (Å²) in [6.45, 7) is 11.0. The van der Waals surface area contributed by atoms with Crippen LogP contribution >= 0.6 is 0 Å². The Labute approximate surface area is 181 Å². The van der Waals surface area contributed by atoms with Gasteiger partial charge in [0.05, 0.1) is 6.61 Å². The smallest absolute Gasteiger partial charge is 0.261 e. The minimum Gasteiger partial charge on any atom is -0.508 e. The van der Waals surface area contributed by atoms with E-state index >= 15 is 0 Å². The molecule has 7 nitrogen and oxygen atoms in total. The van der Waals surface area contributed by atoms with Crippen molar-refractivity contribution in [3.8, 4) is 11.5 Å². The summed E-state index contributed by atoms with van der Waals surface area (Å²) in [5, 5.41) is 23.0. The molecule has 0 aliphatic carbocycles. The predicted octanol–water partition coefficient (Wildman–Crippen LogP) is 3.98. The number of fused-ring (bicyclic) bond motifs is 1. The van der Waals surface area contributed by atoms with Crippen LogP contribution in [0.5, 0.6) is 11.5 Å². The maximum absolute atomic E-state index is 12.3. The van der Waals surface area contributed by atoms with Crippen molar-refractivity contribution in [1.29, 1.82) is 0 Å². The first-order valence-electron chi connectivity index (χ1n) is 10.3. The van der Waals surface area contributed by atoms with E-state index in [9.17, 15) is 15.0 Å². The summed E-state index contributed by atoms with van der Waals surface area (Å²) in [7, 11) is 0. The Bertz CT molecular complexity index is 1030. The van der Waals surface area contributed by atoms with Gasteiger partial charge in [0.15, 0.2) is 5.60 Å². The maximum atomic E-state index is 12.3. The highest BCUT2D eigenvalue weighted by molar-refractivity contribution is 5.94. The molecule has 3 N–H and O–H groups in total. The lowest BCUT2D eigenvalue weighted by molar-refractivity contribution is -0.626. The molecule has 2 aliphatic rings. The zero-order valence-electron chi connectivity index (χ0n) is 18.5. The lowest BCUT2D eigenvalue weighted by Crippen LogP contribution is -2.73. The zero-order chi connectivity index (χ0) is 22.7. The van der Waals surface area contributed by atoms with Crippen LogP contribution in [0.15, 0.2) is 42.5 Å². The van der Waals surface area contributed by atoms with Gasteiger partial charge in [-0.25, -0.2) is 4.89 Å². The molecule has 1 amide bonds. The van der Waals surface area contributed by atoms with Crippen molar-refractivity contribution in [2.75, 3.05) is 6.61 Å². The molecule has 0 aromatic heterocycles. The number of rotatable bonds is 4. The molecular formula is C24H29NO6. The van der Waals surface area contributed by atoms with Crippen molar-refractivity contribution in [3.63, 3.8) is 0 Å². The number of carbonyl (C=O) groups is 1. The van der Waals surface area contributed by atoms with Crippen LogP contribution in [-0.4, -0.2) is 28.3 Å². The fourth-order valence-corrected chi connectivity index (χ4v) is 5.08. The fraction of sp³-hybridized carbons (Fsp3) is 0.458. The van der Waals surface area contributed by atoms with Gasteiger partial charge in [-0.3, -0.25) is 4.79 Å². The molecule has 166 valence electrons. The van der Waals surface area contributed by atoms with Crippen LogP contribution in [0.2, 0.25) is 0 Å². The molecule has 0 spiro atoms. The van der Waals surface area contributed by atoms with Crippen LogP contribution in [0.4, 0.5) is 0 Å². The molecule has 2 aromatic rings. The van der Waals surface area contributed by atoms with Crippen LogP contribution in [-0.2, 0) is 26.8 Å². The van der Waals surface area contributed by atoms with Crippen molar-refractivity contribution < 1.29 is 29.5 Å². The van der Waals surface area contributed by atoms with Gasteiger partial charge < -0.3 is 20.3 Å². The molecule has 0 bridgehead atoms. The van der Waals surface area contributed by atoms with Crippen LogP contribution in [0.25, 0.3) is 0 Å². The average molecular weight is 427 g/mol. The number of hydrogen-bond donors (Lipinski definition) is 3. The quantitative estimate of drug-likeness (QED) is 0.639. The highest BCUT2D eigenvalue weighted by atomic mass is 17.3. The van der Waals surface area contributed by atoms with Gasteiger partial charge in [0, 0.05) is 34.1 Å². The Kier molecular flexibility index (Phi) is 4.85. The van der Waals surface area contributed by atoms with E-state index in [2.05, 4.69) is 39.9 Å². The van der Waals surface area contributed by atoms with Gasteiger partial charge in [0.25, 0.3) is 11.7 Å². The first-order chi connectivity index (χ1) is 14.4. The predicted molar refractivity (Wildman–Crippen MR) is 113 cm³/mol. The largest absolute Gasteiger partial charge is 0.508 e. The second kappa shape index (κ2) is 6.95. The highest BCUT2D eigenvalue weighted by Gasteiger charge is 2.81. The van der Waals surface area contributed by atoms with Crippen LogP contribution in [0.1, 0.15) is 56.1 Å². The fourth-order valence-electron chi connectivity index (χ4n) is 5.08. The second-order valence-electron chi connectivity index (χ2n) is 9.96. The van der Waals surface area contributed by atoms with Crippen molar-refractivity contribution in [3.05, 3.63) is 59.2 Å². The van der Waals surface area contributed by atoms with Gasteiger partial charge in [0.1, 0.15) is 11.5 Å². The Morgan fingerprint density at radius 1 is 1.10 bits per heavy atom. The zero-order valence-corrected chi connectivity index (χ0v) is 18.5. The molecule has 2 saturated heterocycles. The van der Waals surface area contributed by atoms with Crippen molar-refractivity contribution in [1.82, 2.24) is 5.32 Å². The van der Waals surface area contributed by atoms with E-state index in [0.29, 0.717) is 23.3 Å². The topological polar surface area (TPSA) is 97.3 Å².